The second-order valence-corrected chi connectivity index (χ2v) is 5.66. The van der Waals surface area contributed by atoms with Gasteiger partial charge in [0.1, 0.15) is 11.4 Å². The first kappa shape index (κ1) is 13.8. The van der Waals surface area contributed by atoms with Crippen molar-refractivity contribution in [3.8, 4) is 0 Å². The highest BCUT2D eigenvalue weighted by Gasteiger charge is 2.10. The van der Waals surface area contributed by atoms with Crippen molar-refractivity contribution in [3.05, 3.63) is 30.6 Å². The number of hydrazine groups is 1. The Kier molecular flexibility index (Phi) is 4.70. The third-order valence-corrected chi connectivity index (χ3v) is 3.94. The van der Waals surface area contributed by atoms with Gasteiger partial charge in [0.15, 0.2) is 0 Å². The number of nitrogens with zero attached hydrogens (tertiary/aromatic N) is 2. The maximum absolute atomic E-state index is 11.1. The summed E-state index contributed by atoms with van der Waals surface area (Å²) in [7, 11) is 0. The number of hydrogen-bond acceptors (Lipinski definition) is 5. The van der Waals surface area contributed by atoms with Crippen molar-refractivity contribution in [3.63, 3.8) is 0 Å². The minimum atomic E-state index is -0.139. The normalized spacial score (nSPS) is 12.3. The lowest BCUT2D eigenvalue weighted by Gasteiger charge is -2.11. The van der Waals surface area contributed by atoms with Gasteiger partial charge >= 0.3 is 0 Å². The number of carbonyl (C=O) groups is 1. The van der Waals surface area contributed by atoms with E-state index in [0.717, 1.165) is 22.3 Å². The number of hydrogen-bond donors (Lipinski definition) is 2. The average molecular weight is 276 g/mol. The lowest BCUT2D eigenvalue weighted by Crippen LogP contribution is -2.30. The highest BCUT2D eigenvalue weighted by molar-refractivity contribution is 8.00. The molecule has 2 aromatic rings. The molecule has 0 aliphatic carbocycles. The Labute approximate surface area is 116 Å². The van der Waals surface area contributed by atoms with Crippen molar-refractivity contribution < 1.29 is 4.79 Å². The molecule has 0 aliphatic rings. The number of nitrogens with two attached hydrogens (primary N) is 1. The zero-order valence-corrected chi connectivity index (χ0v) is 11.5. The molecule has 5 nitrogen and oxygen atoms in total. The predicted molar refractivity (Wildman–Crippen MR) is 76.4 cm³/mol. The van der Waals surface area contributed by atoms with Crippen LogP contribution in [0, 0.1) is 0 Å². The smallest absolute Gasteiger partial charge is 0.233 e. The van der Waals surface area contributed by atoms with Gasteiger partial charge in [0.2, 0.25) is 5.91 Å². The number of rotatable bonds is 5. The van der Waals surface area contributed by atoms with Crippen LogP contribution in [0.4, 0.5) is 0 Å². The summed E-state index contributed by atoms with van der Waals surface area (Å²) in [5.74, 6) is 4.92. The second kappa shape index (κ2) is 6.49. The van der Waals surface area contributed by atoms with E-state index < -0.39 is 0 Å². The molecule has 1 aromatic carbocycles. The SMILES string of the molecule is CC(CCC(=O)NN)Sc1ncnc2ccccc12. The van der Waals surface area contributed by atoms with Crippen LogP contribution in [0.15, 0.2) is 35.6 Å². The van der Waals surface area contributed by atoms with Crippen LogP contribution in [0.25, 0.3) is 10.9 Å². The number of aromatic nitrogens is 2. The zero-order chi connectivity index (χ0) is 13.7. The number of fused-ring (bicyclic) bond motifs is 1. The lowest BCUT2D eigenvalue weighted by atomic mass is 10.2. The van der Waals surface area contributed by atoms with Crippen molar-refractivity contribution in [1.29, 1.82) is 0 Å². The number of benzene rings is 1. The third kappa shape index (κ3) is 3.65. The Morgan fingerprint density at radius 3 is 3.00 bits per heavy atom. The molecule has 6 heteroatoms. The van der Waals surface area contributed by atoms with Crippen molar-refractivity contribution in [1.82, 2.24) is 15.4 Å². The van der Waals surface area contributed by atoms with Crippen LogP contribution in [-0.2, 0) is 4.79 Å². The molecule has 1 amide bonds. The van der Waals surface area contributed by atoms with Crippen LogP contribution in [-0.4, -0.2) is 21.1 Å². The first-order valence-electron chi connectivity index (χ1n) is 6.06. The van der Waals surface area contributed by atoms with Crippen LogP contribution in [0.5, 0.6) is 0 Å². The van der Waals surface area contributed by atoms with Gasteiger partial charge in [0, 0.05) is 17.1 Å². The highest BCUT2D eigenvalue weighted by Crippen LogP contribution is 2.29. The first-order valence-corrected chi connectivity index (χ1v) is 6.94. The Morgan fingerprint density at radius 1 is 1.42 bits per heavy atom. The monoisotopic (exact) mass is 276 g/mol. The van der Waals surface area contributed by atoms with Crippen molar-refractivity contribution in [2.75, 3.05) is 0 Å². The summed E-state index contributed by atoms with van der Waals surface area (Å²) in [4.78, 5) is 19.7. The molecule has 19 heavy (non-hydrogen) atoms. The van der Waals surface area contributed by atoms with E-state index in [4.69, 9.17) is 5.84 Å². The Hall–Kier alpha value is -1.66. The van der Waals surface area contributed by atoms with Gasteiger partial charge in [-0.15, -0.1) is 11.8 Å². The van der Waals surface area contributed by atoms with E-state index in [1.54, 1.807) is 18.1 Å². The van der Waals surface area contributed by atoms with E-state index in [0.29, 0.717) is 6.42 Å². The largest absolute Gasteiger partial charge is 0.294 e. The fourth-order valence-electron chi connectivity index (χ4n) is 1.73. The molecule has 100 valence electrons. The van der Waals surface area contributed by atoms with Crippen molar-refractivity contribution in [2.24, 2.45) is 5.84 Å². The molecular formula is C13H16N4OS. The first-order chi connectivity index (χ1) is 9.20. The predicted octanol–water partition coefficient (Wildman–Crippen LogP) is 1.88. The minimum Gasteiger partial charge on any atom is -0.294 e. The minimum absolute atomic E-state index is 0.139. The summed E-state index contributed by atoms with van der Waals surface area (Å²) < 4.78 is 0. The van der Waals surface area contributed by atoms with Crippen LogP contribution < -0.4 is 11.3 Å². The summed E-state index contributed by atoms with van der Waals surface area (Å²) in [5, 5.41) is 2.28. The number of nitrogens with one attached hydrogen (secondary N) is 1. The maximum atomic E-state index is 11.1. The van der Waals surface area contributed by atoms with Gasteiger partial charge < -0.3 is 0 Å². The maximum Gasteiger partial charge on any atom is 0.233 e. The Balaban J connectivity index is 2.06. The molecule has 0 fully saturated rings. The summed E-state index contributed by atoms with van der Waals surface area (Å²) in [6.45, 7) is 2.07. The average Bonchev–Trinajstić information content (AvgIpc) is 2.45. The second-order valence-electron chi connectivity index (χ2n) is 4.23. The van der Waals surface area contributed by atoms with Crippen LogP contribution in [0.1, 0.15) is 19.8 Å². The van der Waals surface area contributed by atoms with Gasteiger partial charge in [-0.1, -0.05) is 25.1 Å². The Bertz CT molecular complexity index is 570. The molecular weight excluding hydrogens is 260 g/mol. The van der Waals surface area contributed by atoms with Crippen molar-refractivity contribution >= 4 is 28.6 Å². The molecule has 2 rings (SSSR count). The lowest BCUT2D eigenvalue weighted by molar-refractivity contribution is -0.121. The van der Waals surface area contributed by atoms with E-state index in [1.807, 2.05) is 24.3 Å². The van der Waals surface area contributed by atoms with Gasteiger partial charge in [0.05, 0.1) is 5.52 Å². The molecule has 1 heterocycles. The number of carbonyl (C=O) groups excluding carboxylic acids is 1. The number of thioether (sulfide) groups is 1. The van der Waals surface area contributed by atoms with Gasteiger partial charge in [0.25, 0.3) is 0 Å². The van der Waals surface area contributed by atoms with E-state index in [9.17, 15) is 4.79 Å². The number of amides is 1. The zero-order valence-electron chi connectivity index (χ0n) is 10.7. The summed E-state index contributed by atoms with van der Waals surface area (Å²) in [6.07, 6.45) is 2.75. The highest BCUT2D eigenvalue weighted by atomic mass is 32.2. The topological polar surface area (TPSA) is 80.9 Å². The van der Waals surface area contributed by atoms with Gasteiger partial charge in [-0.25, -0.2) is 15.8 Å². The molecule has 0 saturated heterocycles. The molecule has 0 saturated carbocycles. The summed E-state index contributed by atoms with van der Waals surface area (Å²) in [6, 6.07) is 7.91. The van der Waals surface area contributed by atoms with Gasteiger partial charge in [-0.3, -0.25) is 10.2 Å². The third-order valence-electron chi connectivity index (χ3n) is 2.76. The van der Waals surface area contributed by atoms with E-state index in [1.165, 1.54) is 0 Å². The van der Waals surface area contributed by atoms with Gasteiger partial charge in [-0.05, 0) is 12.5 Å². The molecule has 0 aliphatic heterocycles. The molecule has 1 unspecified atom stereocenters. The Morgan fingerprint density at radius 2 is 2.21 bits per heavy atom. The molecule has 3 N–H and O–H groups in total. The van der Waals surface area contributed by atoms with Crippen LogP contribution >= 0.6 is 11.8 Å². The van der Waals surface area contributed by atoms with Crippen LogP contribution in [0.3, 0.4) is 0 Å². The van der Waals surface area contributed by atoms with Crippen molar-refractivity contribution in [2.45, 2.75) is 30.0 Å². The number of para-hydroxylation sites is 1. The quantitative estimate of drug-likeness (QED) is 0.286. The molecule has 0 spiro atoms. The molecule has 1 atom stereocenters. The van der Waals surface area contributed by atoms with Crippen LogP contribution in [0.2, 0.25) is 0 Å². The molecule has 0 radical (unpaired) electrons. The molecule has 1 aromatic heterocycles. The summed E-state index contributed by atoms with van der Waals surface area (Å²) >= 11 is 1.65. The fraction of sp³-hybridized carbons (Fsp3) is 0.308. The summed E-state index contributed by atoms with van der Waals surface area (Å²) in [5.41, 5.74) is 3.08. The molecule has 0 bridgehead atoms. The fourth-order valence-corrected chi connectivity index (χ4v) is 2.75. The standard InChI is InChI=1S/C13H16N4OS/c1-9(6-7-12(18)17-14)19-13-10-4-2-3-5-11(10)15-8-16-13/h2-5,8-9H,6-7,14H2,1H3,(H,17,18). The van der Waals surface area contributed by atoms with E-state index in [2.05, 4.69) is 22.3 Å². The van der Waals surface area contributed by atoms with Gasteiger partial charge in [-0.2, -0.15) is 0 Å². The van der Waals surface area contributed by atoms with E-state index in [-0.39, 0.29) is 11.2 Å². The van der Waals surface area contributed by atoms with E-state index >= 15 is 0 Å².